The van der Waals surface area contributed by atoms with Gasteiger partial charge in [-0.15, -0.1) is 0 Å². The van der Waals surface area contributed by atoms with Crippen LogP contribution in [0.4, 0.5) is 0 Å². The van der Waals surface area contributed by atoms with E-state index in [1.165, 1.54) is 18.2 Å². The van der Waals surface area contributed by atoms with Crippen LogP contribution in [-0.4, -0.2) is 0 Å². The van der Waals surface area contributed by atoms with Crippen LogP contribution in [0.2, 0.25) is 0 Å². The summed E-state index contributed by atoms with van der Waals surface area (Å²) in [5.74, 6) is 0. The Kier molecular flexibility index (Phi) is 5.21. The summed E-state index contributed by atoms with van der Waals surface area (Å²) >= 11 is 0. The Bertz CT molecular complexity index is 520. The topological polar surface area (TPSA) is 71.4 Å². The van der Waals surface area contributed by atoms with Gasteiger partial charge in [-0.2, -0.15) is 15.8 Å². The van der Waals surface area contributed by atoms with E-state index in [-0.39, 0.29) is 0 Å². The van der Waals surface area contributed by atoms with Crippen molar-refractivity contribution < 1.29 is 0 Å². The zero-order valence-electron chi connectivity index (χ0n) is 9.54. The molecule has 0 atom stereocenters. The van der Waals surface area contributed by atoms with Crippen molar-refractivity contribution in [2.24, 2.45) is 0 Å². The summed E-state index contributed by atoms with van der Waals surface area (Å²) in [7, 11) is 0. The van der Waals surface area contributed by atoms with Crippen molar-refractivity contribution in [3.05, 3.63) is 71.3 Å². The Morgan fingerprint density at radius 1 is 0.500 bits per heavy atom. The van der Waals surface area contributed by atoms with Crippen LogP contribution in [0.5, 0.6) is 0 Å². The molecule has 3 nitrogen and oxygen atoms in total. The monoisotopic (exact) mass is 231 g/mol. The quantitative estimate of drug-likeness (QED) is 0.699. The molecule has 0 aliphatic rings. The van der Waals surface area contributed by atoms with Crippen LogP contribution in [0.3, 0.4) is 0 Å². The Morgan fingerprint density at radius 3 is 0.889 bits per heavy atom. The number of hydrogen-bond acceptors (Lipinski definition) is 3. The third-order valence-electron chi connectivity index (χ3n) is 1.99. The van der Waals surface area contributed by atoms with E-state index in [9.17, 15) is 0 Å². The van der Waals surface area contributed by atoms with Gasteiger partial charge in [0.25, 0.3) is 0 Å². The second-order valence-electron chi connectivity index (χ2n) is 3.29. The number of benzene rings is 2. The van der Waals surface area contributed by atoms with E-state index in [1.807, 2.05) is 54.6 Å². The Morgan fingerprint density at radius 2 is 0.722 bits per heavy atom. The predicted molar refractivity (Wildman–Crippen MR) is 67.0 cm³/mol. The van der Waals surface area contributed by atoms with Gasteiger partial charge in [0, 0.05) is 0 Å². The largest absolute Gasteiger partial charge is 0.192 e. The molecular formula is C15H9N3. The van der Waals surface area contributed by atoms with Gasteiger partial charge >= 0.3 is 0 Å². The average molecular weight is 231 g/mol. The highest BCUT2D eigenvalue weighted by atomic mass is 14.3. The van der Waals surface area contributed by atoms with E-state index in [2.05, 4.69) is 0 Å². The van der Waals surface area contributed by atoms with Crippen LogP contribution in [0.25, 0.3) is 0 Å². The Labute approximate surface area is 106 Å². The molecule has 0 aliphatic carbocycles. The molecule has 2 rings (SSSR count). The number of nitrogens with zero attached hydrogens (tertiary/aromatic N) is 3. The minimum Gasteiger partial charge on any atom is -0.192 e. The molecule has 0 amide bonds. The first kappa shape index (κ1) is 13.0. The standard InChI is InChI=1S/C9H3N3.C6H6/c10-4-7-1-8(5-11)3-9(2-7)6-12;1-2-4-6-5-3-1/h1-3H;1-6H. The molecule has 0 spiro atoms. The van der Waals surface area contributed by atoms with Gasteiger partial charge in [0.1, 0.15) is 0 Å². The van der Waals surface area contributed by atoms with Crippen LogP contribution < -0.4 is 0 Å². The highest BCUT2D eigenvalue weighted by Gasteiger charge is 1.98. The van der Waals surface area contributed by atoms with Gasteiger partial charge in [-0.25, -0.2) is 0 Å². The van der Waals surface area contributed by atoms with Crippen LogP contribution in [-0.2, 0) is 0 Å². The molecule has 0 radical (unpaired) electrons. The van der Waals surface area contributed by atoms with E-state index >= 15 is 0 Å². The van der Waals surface area contributed by atoms with E-state index in [0.717, 1.165) is 0 Å². The highest BCUT2D eigenvalue weighted by Crippen LogP contribution is 2.07. The number of hydrogen-bond donors (Lipinski definition) is 0. The van der Waals surface area contributed by atoms with E-state index in [0.29, 0.717) is 16.7 Å². The molecule has 0 aromatic heterocycles. The highest BCUT2D eigenvalue weighted by molar-refractivity contribution is 5.46. The first-order valence-electron chi connectivity index (χ1n) is 5.15. The molecule has 0 unspecified atom stereocenters. The average Bonchev–Trinajstić information content (AvgIpc) is 2.49. The van der Waals surface area contributed by atoms with Gasteiger partial charge in [-0.1, -0.05) is 36.4 Å². The van der Waals surface area contributed by atoms with Crippen molar-refractivity contribution >= 4 is 0 Å². The van der Waals surface area contributed by atoms with Gasteiger partial charge in [0.05, 0.1) is 34.9 Å². The molecule has 0 saturated heterocycles. The lowest BCUT2D eigenvalue weighted by molar-refractivity contribution is 1.42. The zero-order valence-corrected chi connectivity index (χ0v) is 9.54. The van der Waals surface area contributed by atoms with Crippen molar-refractivity contribution in [3.8, 4) is 18.2 Å². The Hall–Kier alpha value is -3.09. The summed E-state index contributed by atoms with van der Waals surface area (Å²) in [6.45, 7) is 0. The lowest BCUT2D eigenvalue weighted by Crippen LogP contribution is -1.82. The summed E-state index contributed by atoms with van der Waals surface area (Å²) in [4.78, 5) is 0. The summed E-state index contributed by atoms with van der Waals surface area (Å²) in [6.07, 6.45) is 0. The lowest BCUT2D eigenvalue weighted by Gasteiger charge is -1.91. The maximum atomic E-state index is 8.51. The molecule has 18 heavy (non-hydrogen) atoms. The molecule has 84 valence electrons. The molecule has 0 heterocycles. The molecule has 0 fully saturated rings. The fourth-order valence-electron chi connectivity index (χ4n) is 1.21. The van der Waals surface area contributed by atoms with Crippen molar-refractivity contribution in [2.45, 2.75) is 0 Å². The minimum atomic E-state index is 0.339. The van der Waals surface area contributed by atoms with Crippen molar-refractivity contribution in [3.63, 3.8) is 0 Å². The first-order valence-corrected chi connectivity index (χ1v) is 5.15. The summed E-state index contributed by atoms with van der Waals surface area (Å²) in [6, 6.07) is 22.0. The summed E-state index contributed by atoms with van der Waals surface area (Å²) in [5, 5.41) is 25.5. The van der Waals surface area contributed by atoms with Gasteiger partial charge in [0.2, 0.25) is 0 Å². The fraction of sp³-hybridized carbons (Fsp3) is 0. The molecule has 0 aliphatic heterocycles. The maximum Gasteiger partial charge on any atom is 0.0992 e. The molecule has 0 saturated carbocycles. The van der Waals surface area contributed by atoms with Crippen LogP contribution in [0.1, 0.15) is 16.7 Å². The first-order chi connectivity index (χ1) is 8.80. The van der Waals surface area contributed by atoms with Gasteiger partial charge in [-0.3, -0.25) is 0 Å². The summed E-state index contributed by atoms with van der Waals surface area (Å²) < 4.78 is 0. The van der Waals surface area contributed by atoms with Crippen LogP contribution >= 0.6 is 0 Å². The van der Waals surface area contributed by atoms with E-state index < -0.39 is 0 Å². The molecule has 0 N–H and O–H groups in total. The molecule has 0 bridgehead atoms. The number of rotatable bonds is 0. The van der Waals surface area contributed by atoms with Gasteiger partial charge < -0.3 is 0 Å². The zero-order chi connectivity index (χ0) is 13.2. The van der Waals surface area contributed by atoms with Crippen LogP contribution in [0, 0.1) is 34.0 Å². The third kappa shape index (κ3) is 4.19. The normalized spacial score (nSPS) is 7.83. The Balaban J connectivity index is 0.000000225. The molecule has 2 aromatic rings. The van der Waals surface area contributed by atoms with Crippen molar-refractivity contribution in [1.29, 1.82) is 15.8 Å². The van der Waals surface area contributed by atoms with E-state index in [1.54, 1.807) is 0 Å². The number of nitriles is 3. The molecule has 2 aromatic carbocycles. The second kappa shape index (κ2) is 7.23. The van der Waals surface area contributed by atoms with Crippen LogP contribution in [0.15, 0.2) is 54.6 Å². The predicted octanol–water partition coefficient (Wildman–Crippen LogP) is 2.99. The third-order valence-corrected chi connectivity index (χ3v) is 1.99. The fourth-order valence-corrected chi connectivity index (χ4v) is 1.21. The second-order valence-corrected chi connectivity index (χ2v) is 3.29. The smallest absolute Gasteiger partial charge is 0.0992 e. The molecule has 3 heteroatoms. The lowest BCUT2D eigenvalue weighted by atomic mass is 10.1. The maximum absolute atomic E-state index is 8.51. The van der Waals surface area contributed by atoms with Crippen molar-refractivity contribution in [2.75, 3.05) is 0 Å². The molecular weight excluding hydrogens is 222 g/mol. The van der Waals surface area contributed by atoms with E-state index in [4.69, 9.17) is 15.8 Å². The van der Waals surface area contributed by atoms with Gasteiger partial charge in [-0.05, 0) is 18.2 Å². The van der Waals surface area contributed by atoms with Crippen molar-refractivity contribution in [1.82, 2.24) is 0 Å². The van der Waals surface area contributed by atoms with Gasteiger partial charge in [0.15, 0.2) is 0 Å². The SMILES string of the molecule is N#Cc1cc(C#N)cc(C#N)c1.c1ccccc1. The minimum absolute atomic E-state index is 0.339. The summed E-state index contributed by atoms with van der Waals surface area (Å²) in [5.41, 5.74) is 1.02.